The van der Waals surface area contributed by atoms with E-state index in [4.69, 9.17) is 0 Å². The molecular weight excluding hydrogens is 208 g/mol. The summed E-state index contributed by atoms with van der Waals surface area (Å²) in [6.07, 6.45) is 11.8. The molecule has 0 aromatic rings. The highest BCUT2D eigenvalue weighted by atomic mass is 15.3. The van der Waals surface area contributed by atoms with Crippen molar-refractivity contribution in [2.45, 2.75) is 57.4 Å². The molecule has 2 heterocycles. The first kappa shape index (κ1) is 12.0. The minimum absolute atomic E-state index is 0.904. The summed E-state index contributed by atoms with van der Waals surface area (Å²) in [6.45, 7) is 6.85. The number of rotatable bonds is 3. The Morgan fingerprint density at radius 3 is 2.53 bits per heavy atom. The molecule has 0 bridgehead atoms. The van der Waals surface area contributed by atoms with Crippen molar-refractivity contribution >= 4 is 0 Å². The van der Waals surface area contributed by atoms with Gasteiger partial charge < -0.3 is 4.90 Å². The SMILES string of the molecule is C1CCC(CCN2CCCN3CCCC3C2)C1. The van der Waals surface area contributed by atoms with Gasteiger partial charge in [0, 0.05) is 12.6 Å². The van der Waals surface area contributed by atoms with E-state index in [9.17, 15) is 0 Å². The van der Waals surface area contributed by atoms with Gasteiger partial charge in [-0.1, -0.05) is 25.7 Å². The highest BCUT2D eigenvalue weighted by molar-refractivity contribution is 4.85. The van der Waals surface area contributed by atoms with E-state index in [1.807, 2.05) is 0 Å². The molecule has 0 N–H and O–H groups in total. The maximum atomic E-state index is 2.77. The fourth-order valence-corrected chi connectivity index (χ4v) is 4.15. The molecule has 2 saturated heterocycles. The lowest BCUT2D eigenvalue weighted by molar-refractivity contribution is 0.211. The molecule has 0 spiro atoms. The Morgan fingerprint density at radius 1 is 0.824 bits per heavy atom. The van der Waals surface area contributed by atoms with Gasteiger partial charge in [-0.3, -0.25) is 4.90 Å². The topological polar surface area (TPSA) is 6.48 Å². The Hall–Kier alpha value is -0.0800. The summed E-state index contributed by atoms with van der Waals surface area (Å²) in [4.78, 5) is 5.52. The van der Waals surface area contributed by atoms with Gasteiger partial charge in [0.25, 0.3) is 0 Å². The van der Waals surface area contributed by atoms with Crippen LogP contribution in [0.2, 0.25) is 0 Å². The van der Waals surface area contributed by atoms with E-state index in [1.165, 1.54) is 84.1 Å². The zero-order chi connectivity index (χ0) is 11.5. The van der Waals surface area contributed by atoms with Crippen LogP contribution in [0.4, 0.5) is 0 Å². The molecule has 2 aliphatic heterocycles. The average Bonchev–Trinajstić information content (AvgIpc) is 2.95. The monoisotopic (exact) mass is 236 g/mol. The third kappa shape index (κ3) is 3.03. The molecule has 0 radical (unpaired) electrons. The Balaban J connectivity index is 1.45. The first-order valence-corrected chi connectivity index (χ1v) is 7.88. The van der Waals surface area contributed by atoms with Crippen LogP contribution in [0.3, 0.4) is 0 Å². The Bertz CT molecular complexity index is 235. The molecule has 1 saturated carbocycles. The van der Waals surface area contributed by atoms with Gasteiger partial charge in [0.1, 0.15) is 0 Å². The van der Waals surface area contributed by atoms with E-state index < -0.39 is 0 Å². The van der Waals surface area contributed by atoms with Crippen LogP contribution < -0.4 is 0 Å². The smallest absolute Gasteiger partial charge is 0.0223 e. The van der Waals surface area contributed by atoms with Gasteiger partial charge in [-0.15, -0.1) is 0 Å². The standard InChI is InChI=1S/C15H28N2/c1-2-6-14(5-1)8-12-16-9-4-11-17-10-3-7-15(17)13-16/h14-15H,1-13H2. The lowest BCUT2D eigenvalue weighted by Gasteiger charge is -2.26. The third-order valence-electron chi connectivity index (χ3n) is 5.22. The van der Waals surface area contributed by atoms with Gasteiger partial charge in [0.15, 0.2) is 0 Å². The molecular formula is C15H28N2. The van der Waals surface area contributed by atoms with Crippen LogP contribution in [0, 0.1) is 5.92 Å². The van der Waals surface area contributed by atoms with Crippen molar-refractivity contribution in [3.05, 3.63) is 0 Å². The summed E-state index contributed by atoms with van der Waals surface area (Å²) in [7, 11) is 0. The van der Waals surface area contributed by atoms with E-state index in [2.05, 4.69) is 9.80 Å². The molecule has 3 fully saturated rings. The number of fused-ring (bicyclic) bond motifs is 1. The van der Waals surface area contributed by atoms with Gasteiger partial charge >= 0.3 is 0 Å². The predicted octanol–water partition coefficient (Wildman–Crippen LogP) is 2.74. The molecule has 1 unspecified atom stereocenters. The number of hydrogen-bond donors (Lipinski definition) is 0. The van der Waals surface area contributed by atoms with Crippen LogP contribution in [0.25, 0.3) is 0 Å². The molecule has 2 heteroatoms. The van der Waals surface area contributed by atoms with Gasteiger partial charge in [0.2, 0.25) is 0 Å². The van der Waals surface area contributed by atoms with Crippen LogP contribution in [-0.2, 0) is 0 Å². The normalized spacial score (nSPS) is 32.8. The maximum Gasteiger partial charge on any atom is 0.0223 e. The van der Waals surface area contributed by atoms with E-state index in [0.717, 1.165) is 12.0 Å². The molecule has 3 aliphatic rings. The second-order valence-electron chi connectivity index (χ2n) is 6.43. The van der Waals surface area contributed by atoms with E-state index >= 15 is 0 Å². The van der Waals surface area contributed by atoms with Gasteiger partial charge in [0.05, 0.1) is 0 Å². The summed E-state index contributed by atoms with van der Waals surface area (Å²) < 4.78 is 0. The molecule has 1 aliphatic carbocycles. The minimum atomic E-state index is 0.904. The first-order chi connectivity index (χ1) is 8.42. The van der Waals surface area contributed by atoms with Crippen molar-refractivity contribution in [1.82, 2.24) is 9.80 Å². The lowest BCUT2D eigenvalue weighted by atomic mass is 10.0. The zero-order valence-electron chi connectivity index (χ0n) is 11.2. The van der Waals surface area contributed by atoms with Crippen molar-refractivity contribution in [3.63, 3.8) is 0 Å². The molecule has 1 atom stereocenters. The molecule has 17 heavy (non-hydrogen) atoms. The van der Waals surface area contributed by atoms with Crippen LogP contribution in [0.1, 0.15) is 51.4 Å². The third-order valence-corrected chi connectivity index (χ3v) is 5.22. The maximum absolute atomic E-state index is 2.77. The molecule has 3 rings (SSSR count). The van der Waals surface area contributed by atoms with Crippen molar-refractivity contribution in [2.75, 3.05) is 32.7 Å². The fourth-order valence-electron chi connectivity index (χ4n) is 4.15. The van der Waals surface area contributed by atoms with Crippen LogP contribution in [-0.4, -0.2) is 48.6 Å². The summed E-state index contributed by atoms with van der Waals surface area (Å²) in [5, 5.41) is 0. The second kappa shape index (κ2) is 5.71. The molecule has 0 aromatic heterocycles. The van der Waals surface area contributed by atoms with E-state index in [1.54, 1.807) is 0 Å². The van der Waals surface area contributed by atoms with Crippen LogP contribution >= 0.6 is 0 Å². The number of nitrogens with zero attached hydrogens (tertiary/aromatic N) is 2. The van der Waals surface area contributed by atoms with Crippen molar-refractivity contribution in [3.8, 4) is 0 Å². The first-order valence-electron chi connectivity index (χ1n) is 7.88. The summed E-state index contributed by atoms with van der Waals surface area (Å²) in [6, 6.07) is 0.904. The zero-order valence-corrected chi connectivity index (χ0v) is 11.2. The van der Waals surface area contributed by atoms with Crippen molar-refractivity contribution < 1.29 is 0 Å². The van der Waals surface area contributed by atoms with Crippen LogP contribution in [0.15, 0.2) is 0 Å². The summed E-state index contributed by atoms with van der Waals surface area (Å²) in [5.41, 5.74) is 0. The predicted molar refractivity (Wildman–Crippen MR) is 72.2 cm³/mol. The van der Waals surface area contributed by atoms with E-state index in [-0.39, 0.29) is 0 Å². The summed E-state index contributed by atoms with van der Waals surface area (Å²) >= 11 is 0. The Kier molecular flexibility index (Phi) is 4.02. The summed E-state index contributed by atoms with van der Waals surface area (Å²) in [5.74, 6) is 1.07. The minimum Gasteiger partial charge on any atom is -0.302 e. The average molecular weight is 236 g/mol. The Labute approximate surface area is 106 Å². The molecule has 2 nitrogen and oxygen atoms in total. The Morgan fingerprint density at radius 2 is 1.65 bits per heavy atom. The number of hydrogen-bond acceptors (Lipinski definition) is 2. The van der Waals surface area contributed by atoms with Crippen molar-refractivity contribution in [2.24, 2.45) is 5.92 Å². The molecule has 0 amide bonds. The largest absolute Gasteiger partial charge is 0.302 e. The van der Waals surface area contributed by atoms with Crippen molar-refractivity contribution in [1.29, 1.82) is 0 Å². The second-order valence-corrected chi connectivity index (χ2v) is 6.43. The fraction of sp³-hybridized carbons (Fsp3) is 1.00. The van der Waals surface area contributed by atoms with E-state index in [0.29, 0.717) is 0 Å². The lowest BCUT2D eigenvalue weighted by Crippen LogP contribution is -2.37. The highest BCUT2D eigenvalue weighted by Crippen LogP contribution is 2.28. The van der Waals surface area contributed by atoms with Gasteiger partial charge in [-0.05, 0) is 57.8 Å². The van der Waals surface area contributed by atoms with Gasteiger partial charge in [-0.25, -0.2) is 0 Å². The quantitative estimate of drug-likeness (QED) is 0.743. The van der Waals surface area contributed by atoms with Crippen LogP contribution in [0.5, 0.6) is 0 Å². The highest BCUT2D eigenvalue weighted by Gasteiger charge is 2.28. The molecule has 0 aromatic carbocycles. The van der Waals surface area contributed by atoms with Gasteiger partial charge in [-0.2, -0.15) is 0 Å². The molecule has 98 valence electrons.